The van der Waals surface area contributed by atoms with Crippen LogP contribution in [0.25, 0.3) is 0 Å². The van der Waals surface area contributed by atoms with E-state index in [9.17, 15) is 13.2 Å². The Kier molecular flexibility index (Phi) is 5.75. The lowest BCUT2D eigenvalue weighted by Gasteiger charge is -2.17. The molecule has 0 aliphatic rings. The number of carbonyl (C=O) groups is 1. The highest BCUT2D eigenvalue weighted by Gasteiger charge is 2.27. The van der Waals surface area contributed by atoms with Gasteiger partial charge in [0, 0.05) is 16.1 Å². The van der Waals surface area contributed by atoms with E-state index in [2.05, 4.69) is 9.71 Å². The number of hydrogen-bond donors (Lipinski definition) is 2. The molecule has 0 saturated carbocycles. The molecular formula is C16H19ClN2O4S2. The van der Waals surface area contributed by atoms with Gasteiger partial charge in [0.05, 0.1) is 10.3 Å². The topological polar surface area (TPSA) is 96.4 Å². The van der Waals surface area contributed by atoms with E-state index in [1.54, 1.807) is 39.1 Å². The number of aliphatic carboxylic acids is 1. The number of aromatic nitrogens is 1. The largest absolute Gasteiger partial charge is 0.481 e. The van der Waals surface area contributed by atoms with Crippen molar-refractivity contribution in [3.63, 3.8) is 0 Å². The van der Waals surface area contributed by atoms with Gasteiger partial charge in [0.25, 0.3) is 10.0 Å². The molecule has 136 valence electrons. The number of anilines is 1. The Morgan fingerprint density at radius 2 is 2.08 bits per heavy atom. The van der Waals surface area contributed by atoms with Crippen LogP contribution >= 0.6 is 22.9 Å². The molecule has 9 heteroatoms. The molecule has 0 atom stereocenters. The summed E-state index contributed by atoms with van der Waals surface area (Å²) in [7, 11) is -3.79. The van der Waals surface area contributed by atoms with E-state index in [4.69, 9.17) is 16.7 Å². The Morgan fingerprint density at radius 1 is 1.40 bits per heavy atom. The number of rotatable bonds is 7. The van der Waals surface area contributed by atoms with E-state index in [0.29, 0.717) is 23.4 Å². The van der Waals surface area contributed by atoms with Crippen molar-refractivity contribution < 1.29 is 18.3 Å². The molecule has 0 unspecified atom stereocenters. The van der Waals surface area contributed by atoms with Crippen molar-refractivity contribution >= 4 is 44.1 Å². The molecule has 2 aromatic rings. The van der Waals surface area contributed by atoms with Crippen LogP contribution in [0.2, 0.25) is 5.02 Å². The third kappa shape index (κ3) is 4.71. The number of aryl methyl sites for hydroxylation is 1. The Morgan fingerprint density at radius 3 is 2.72 bits per heavy atom. The number of hydrogen-bond acceptors (Lipinski definition) is 5. The first-order valence-corrected chi connectivity index (χ1v) is 10.2. The number of sulfonamides is 1. The van der Waals surface area contributed by atoms with E-state index in [0.717, 1.165) is 4.88 Å². The van der Waals surface area contributed by atoms with Crippen molar-refractivity contribution in [3.8, 4) is 0 Å². The van der Waals surface area contributed by atoms with Crippen LogP contribution in [0.15, 0.2) is 29.3 Å². The van der Waals surface area contributed by atoms with Gasteiger partial charge in [-0.25, -0.2) is 13.4 Å². The quantitative estimate of drug-likeness (QED) is 0.730. The van der Waals surface area contributed by atoms with Crippen LogP contribution in [0, 0.1) is 12.3 Å². The summed E-state index contributed by atoms with van der Waals surface area (Å²) in [5.41, 5.74) is -0.377. The third-order valence-corrected chi connectivity index (χ3v) is 6.85. The van der Waals surface area contributed by atoms with E-state index in [1.165, 1.54) is 17.4 Å². The van der Waals surface area contributed by atoms with Crippen LogP contribution in [0.1, 0.15) is 30.7 Å². The maximum Gasteiger partial charge on any atom is 0.309 e. The van der Waals surface area contributed by atoms with E-state index in [-0.39, 0.29) is 10.0 Å². The summed E-state index contributed by atoms with van der Waals surface area (Å²) < 4.78 is 27.5. The van der Waals surface area contributed by atoms with E-state index in [1.807, 2.05) is 0 Å². The second-order valence-corrected chi connectivity index (χ2v) is 9.46. The van der Waals surface area contributed by atoms with Crippen LogP contribution in [0.5, 0.6) is 0 Å². The van der Waals surface area contributed by atoms with Gasteiger partial charge in [-0.15, -0.1) is 11.3 Å². The first-order chi connectivity index (χ1) is 11.5. The van der Waals surface area contributed by atoms with Crippen molar-refractivity contribution in [2.75, 3.05) is 4.72 Å². The Bertz CT molecular complexity index is 891. The summed E-state index contributed by atoms with van der Waals surface area (Å²) in [6.45, 7) is 4.95. The predicted octanol–water partition coefficient (Wildman–Crippen LogP) is 3.95. The average molecular weight is 403 g/mol. The maximum atomic E-state index is 12.5. The second kappa shape index (κ2) is 7.31. The van der Waals surface area contributed by atoms with Gasteiger partial charge in [-0.1, -0.05) is 17.7 Å². The van der Waals surface area contributed by atoms with Crippen molar-refractivity contribution in [2.24, 2.45) is 5.41 Å². The Labute approximate surface area is 155 Å². The number of nitrogens with one attached hydrogen (secondary N) is 1. The molecule has 1 aromatic carbocycles. The van der Waals surface area contributed by atoms with Gasteiger partial charge >= 0.3 is 5.97 Å². The van der Waals surface area contributed by atoms with Gasteiger partial charge < -0.3 is 5.11 Å². The zero-order chi connectivity index (χ0) is 18.8. The summed E-state index contributed by atoms with van der Waals surface area (Å²) in [6.07, 6.45) is 2.50. The lowest BCUT2D eigenvalue weighted by atomic mass is 9.88. The van der Waals surface area contributed by atoms with Gasteiger partial charge in [-0.2, -0.15) is 0 Å². The molecule has 0 aliphatic carbocycles. The van der Waals surface area contributed by atoms with Gasteiger partial charge in [0.1, 0.15) is 0 Å². The molecule has 0 saturated heterocycles. The van der Waals surface area contributed by atoms with Crippen LogP contribution in [-0.4, -0.2) is 24.5 Å². The first kappa shape index (κ1) is 19.7. The maximum absolute atomic E-state index is 12.5. The second-order valence-electron chi connectivity index (χ2n) is 6.29. The fraction of sp³-hybridized carbons (Fsp3) is 0.375. The normalized spacial score (nSPS) is 12.2. The fourth-order valence-corrected chi connectivity index (χ4v) is 4.61. The summed E-state index contributed by atoms with van der Waals surface area (Å²) in [4.78, 5) is 16.1. The van der Waals surface area contributed by atoms with Crippen molar-refractivity contribution in [3.05, 3.63) is 39.9 Å². The molecule has 0 fully saturated rings. The molecule has 0 radical (unpaired) electrons. The monoisotopic (exact) mass is 402 g/mol. The predicted molar refractivity (Wildman–Crippen MR) is 98.8 cm³/mol. The van der Waals surface area contributed by atoms with E-state index < -0.39 is 21.4 Å². The number of nitrogens with zero attached hydrogens (tertiary/aromatic N) is 1. The third-order valence-electron chi connectivity index (χ3n) is 3.86. The Balaban J connectivity index is 2.13. The molecule has 0 amide bonds. The number of carboxylic acids is 1. The summed E-state index contributed by atoms with van der Waals surface area (Å²) in [5.74, 6) is -0.866. The smallest absolute Gasteiger partial charge is 0.309 e. The van der Waals surface area contributed by atoms with Crippen molar-refractivity contribution in [1.29, 1.82) is 0 Å². The molecule has 6 nitrogen and oxygen atoms in total. The molecule has 1 aromatic heterocycles. The van der Waals surface area contributed by atoms with Crippen LogP contribution in [0.3, 0.4) is 0 Å². The van der Waals surface area contributed by atoms with Gasteiger partial charge in [0.15, 0.2) is 5.13 Å². The van der Waals surface area contributed by atoms with Gasteiger partial charge in [-0.05, 0) is 51.3 Å². The lowest BCUT2D eigenvalue weighted by Crippen LogP contribution is -2.24. The lowest BCUT2D eigenvalue weighted by molar-refractivity contribution is -0.147. The number of thiazole rings is 1. The summed E-state index contributed by atoms with van der Waals surface area (Å²) in [5, 5.41) is 9.75. The zero-order valence-electron chi connectivity index (χ0n) is 14.0. The molecule has 0 aliphatic heterocycles. The molecule has 0 bridgehead atoms. The minimum absolute atomic E-state index is 0.101. The van der Waals surface area contributed by atoms with Crippen LogP contribution in [-0.2, 0) is 21.2 Å². The Hall–Kier alpha value is -1.64. The molecular weight excluding hydrogens is 384 g/mol. The molecule has 2 rings (SSSR count). The highest BCUT2D eigenvalue weighted by atomic mass is 35.5. The summed E-state index contributed by atoms with van der Waals surface area (Å²) in [6, 6.07) is 4.68. The van der Waals surface area contributed by atoms with Crippen LogP contribution in [0.4, 0.5) is 5.13 Å². The highest BCUT2D eigenvalue weighted by molar-refractivity contribution is 7.93. The first-order valence-electron chi connectivity index (χ1n) is 7.49. The number of benzene rings is 1. The molecule has 1 heterocycles. The van der Waals surface area contributed by atoms with Gasteiger partial charge in [-0.3, -0.25) is 9.52 Å². The molecule has 0 spiro atoms. The highest BCUT2D eigenvalue weighted by Crippen LogP contribution is 2.29. The molecule has 2 N–H and O–H groups in total. The number of halogens is 1. The number of carboxylic acid groups (broad SMARTS) is 1. The standard InChI is InChI=1S/C16H19ClN2O4S2/c1-10-12(17)5-4-6-13(10)25(22,23)19-15-18-9-11(24-15)7-8-16(2,3)14(20)21/h4-6,9H,7-8H2,1-3H3,(H,18,19)(H,20,21). The SMILES string of the molecule is Cc1c(Cl)cccc1S(=O)(=O)Nc1ncc(CCC(C)(C)C(=O)O)s1. The fourth-order valence-electron chi connectivity index (χ4n) is 2.06. The minimum atomic E-state index is -3.79. The zero-order valence-corrected chi connectivity index (χ0v) is 16.4. The van der Waals surface area contributed by atoms with E-state index >= 15 is 0 Å². The molecule has 25 heavy (non-hydrogen) atoms. The van der Waals surface area contributed by atoms with Gasteiger partial charge in [0.2, 0.25) is 0 Å². The summed E-state index contributed by atoms with van der Waals surface area (Å²) >= 11 is 7.17. The van der Waals surface area contributed by atoms with Crippen molar-refractivity contribution in [2.45, 2.75) is 38.5 Å². The minimum Gasteiger partial charge on any atom is -0.481 e. The average Bonchev–Trinajstić information content (AvgIpc) is 2.94. The van der Waals surface area contributed by atoms with Crippen LogP contribution < -0.4 is 4.72 Å². The van der Waals surface area contributed by atoms with Crippen molar-refractivity contribution in [1.82, 2.24) is 4.98 Å².